The Morgan fingerprint density at radius 3 is 2.46 bits per heavy atom. The molecule has 0 saturated heterocycles. The molecule has 28 heavy (non-hydrogen) atoms. The van der Waals surface area contributed by atoms with Gasteiger partial charge in [-0.2, -0.15) is 0 Å². The molecular weight excluding hydrogens is 372 g/mol. The van der Waals surface area contributed by atoms with Gasteiger partial charge in [-0.15, -0.1) is 11.3 Å². The van der Waals surface area contributed by atoms with Crippen LogP contribution in [0, 0.1) is 27.7 Å². The molecule has 6 nitrogen and oxygen atoms in total. The summed E-state index contributed by atoms with van der Waals surface area (Å²) in [6.45, 7) is 13.0. The number of guanidine groups is 1. The fourth-order valence-corrected chi connectivity index (χ4v) is 4.07. The normalized spacial score (nSPS) is 12.6. The van der Waals surface area contributed by atoms with Crippen molar-refractivity contribution in [2.45, 2.75) is 54.1 Å². The van der Waals surface area contributed by atoms with Crippen LogP contribution in [0.2, 0.25) is 0 Å². The number of thiazole rings is 1. The van der Waals surface area contributed by atoms with Gasteiger partial charge in [0.05, 0.1) is 18.3 Å². The average Bonchev–Trinajstić information content (AvgIpc) is 3.01. The third-order valence-electron chi connectivity index (χ3n) is 4.49. The van der Waals surface area contributed by atoms with Crippen LogP contribution in [0.15, 0.2) is 17.1 Å². The second-order valence-corrected chi connectivity index (χ2v) is 7.89. The van der Waals surface area contributed by atoms with E-state index in [4.69, 9.17) is 4.74 Å². The first-order chi connectivity index (χ1) is 13.3. The number of carbonyl (C=O) groups excluding carboxylic acids is 1. The topological polar surface area (TPSA) is 75.6 Å². The van der Waals surface area contributed by atoms with E-state index in [9.17, 15) is 4.79 Å². The number of hydrogen-bond donors (Lipinski definition) is 2. The Hall–Kier alpha value is -2.41. The lowest BCUT2D eigenvalue weighted by Gasteiger charge is -2.18. The predicted octanol–water partition coefficient (Wildman–Crippen LogP) is 3.98. The summed E-state index contributed by atoms with van der Waals surface area (Å²) in [6, 6.07) is 4.30. The minimum absolute atomic E-state index is 0.0849. The summed E-state index contributed by atoms with van der Waals surface area (Å²) in [5, 5.41) is 7.55. The summed E-state index contributed by atoms with van der Waals surface area (Å²) < 4.78 is 5.10. The summed E-state index contributed by atoms with van der Waals surface area (Å²) in [5.74, 6) is 0.376. The smallest absolute Gasteiger partial charge is 0.350 e. The van der Waals surface area contributed by atoms with Gasteiger partial charge in [0.25, 0.3) is 0 Å². The Kier molecular flexibility index (Phi) is 7.57. The van der Waals surface area contributed by atoms with Crippen molar-refractivity contribution in [3.63, 3.8) is 0 Å². The molecule has 0 fully saturated rings. The number of esters is 1. The fourth-order valence-electron chi connectivity index (χ4n) is 3.11. The molecule has 2 N–H and O–H groups in total. The molecule has 0 aliphatic carbocycles. The number of aliphatic imine (C=N–C) groups is 1. The van der Waals surface area contributed by atoms with Crippen LogP contribution in [0.1, 0.15) is 62.5 Å². The van der Waals surface area contributed by atoms with Gasteiger partial charge in [0, 0.05) is 13.6 Å². The molecule has 0 aliphatic rings. The number of rotatable bonds is 6. The van der Waals surface area contributed by atoms with E-state index in [0.29, 0.717) is 29.7 Å². The lowest BCUT2D eigenvalue weighted by molar-refractivity contribution is 0.0531. The number of benzene rings is 1. The molecule has 0 amide bonds. The third kappa shape index (κ3) is 5.32. The molecule has 1 unspecified atom stereocenters. The Morgan fingerprint density at radius 1 is 1.25 bits per heavy atom. The molecular formula is C21H30N4O2S. The first kappa shape index (κ1) is 21.9. The Balaban J connectivity index is 2.05. The highest BCUT2D eigenvalue weighted by Gasteiger charge is 2.20. The monoisotopic (exact) mass is 402 g/mol. The van der Waals surface area contributed by atoms with Crippen molar-refractivity contribution in [1.82, 2.24) is 15.6 Å². The van der Waals surface area contributed by atoms with Gasteiger partial charge >= 0.3 is 5.97 Å². The van der Waals surface area contributed by atoms with Crippen molar-refractivity contribution < 1.29 is 9.53 Å². The second-order valence-electron chi connectivity index (χ2n) is 6.86. The van der Waals surface area contributed by atoms with E-state index in [0.717, 1.165) is 5.01 Å². The van der Waals surface area contributed by atoms with Crippen LogP contribution in [0.3, 0.4) is 0 Å². The van der Waals surface area contributed by atoms with Crippen LogP contribution in [0.5, 0.6) is 0 Å². The Morgan fingerprint density at radius 2 is 1.89 bits per heavy atom. The van der Waals surface area contributed by atoms with Crippen molar-refractivity contribution in [2.75, 3.05) is 13.7 Å². The highest BCUT2D eigenvalue weighted by atomic mass is 32.1. The van der Waals surface area contributed by atoms with Crippen LogP contribution in [-0.4, -0.2) is 30.6 Å². The fraction of sp³-hybridized carbons (Fsp3) is 0.476. The number of aromatic nitrogens is 1. The van der Waals surface area contributed by atoms with Gasteiger partial charge in [-0.3, -0.25) is 4.99 Å². The molecule has 7 heteroatoms. The molecule has 152 valence electrons. The molecule has 1 aromatic heterocycles. The van der Waals surface area contributed by atoms with Crippen molar-refractivity contribution in [2.24, 2.45) is 4.99 Å². The van der Waals surface area contributed by atoms with E-state index in [1.54, 1.807) is 14.0 Å². The third-order valence-corrected chi connectivity index (χ3v) is 5.81. The van der Waals surface area contributed by atoms with Gasteiger partial charge in [-0.25, -0.2) is 9.78 Å². The van der Waals surface area contributed by atoms with Gasteiger partial charge in [0.1, 0.15) is 9.88 Å². The lowest BCUT2D eigenvalue weighted by atomic mass is 10.00. The van der Waals surface area contributed by atoms with Crippen LogP contribution >= 0.6 is 11.3 Å². The van der Waals surface area contributed by atoms with E-state index in [1.165, 1.54) is 33.6 Å². The molecule has 2 rings (SSSR count). The second kappa shape index (κ2) is 9.68. The molecule has 0 aliphatic heterocycles. The van der Waals surface area contributed by atoms with Crippen LogP contribution in [0.4, 0.5) is 0 Å². The summed E-state index contributed by atoms with van der Waals surface area (Å²) in [4.78, 5) is 21.4. The SMILES string of the molecule is CCOC(=O)c1sc(C(C)NC(=NC)NCc2c(C)cc(C)cc2C)nc1C. The zero-order valence-electron chi connectivity index (χ0n) is 17.8. The summed E-state index contributed by atoms with van der Waals surface area (Å²) >= 11 is 1.36. The number of nitrogens with one attached hydrogen (secondary N) is 2. The first-order valence-electron chi connectivity index (χ1n) is 9.45. The van der Waals surface area contributed by atoms with Crippen LogP contribution in [-0.2, 0) is 11.3 Å². The average molecular weight is 403 g/mol. The molecule has 0 bridgehead atoms. The van der Waals surface area contributed by atoms with E-state index in [2.05, 4.69) is 53.5 Å². The van der Waals surface area contributed by atoms with Gasteiger partial charge in [0.15, 0.2) is 5.96 Å². The number of hydrogen-bond acceptors (Lipinski definition) is 5. The number of carbonyl (C=O) groups is 1. The van der Waals surface area contributed by atoms with Crippen molar-refractivity contribution in [3.05, 3.63) is 50.0 Å². The standard InChI is InChI=1S/C21H30N4O2S/c1-8-27-20(26)18-15(5)24-19(28-18)16(6)25-21(22-7)23-11-17-13(3)9-12(2)10-14(17)4/h9-10,16H,8,11H2,1-7H3,(H2,22,23,25). The predicted molar refractivity (Wildman–Crippen MR) is 115 cm³/mol. The van der Waals surface area contributed by atoms with Crippen LogP contribution in [0.25, 0.3) is 0 Å². The van der Waals surface area contributed by atoms with Crippen molar-refractivity contribution in [3.8, 4) is 0 Å². The van der Waals surface area contributed by atoms with Crippen LogP contribution < -0.4 is 10.6 Å². The zero-order valence-corrected chi connectivity index (χ0v) is 18.6. The number of ether oxygens (including phenoxy) is 1. The largest absolute Gasteiger partial charge is 0.462 e. The Bertz CT molecular complexity index is 850. The molecule has 0 spiro atoms. The summed E-state index contributed by atoms with van der Waals surface area (Å²) in [7, 11) is 1.74. The zero-order chi connectivity index (χ0) is 20.8. The molecule has 1 aromatic carbocycles. The minimum Gasteiger partial charge on any atom is -0.462 e. The highest BCUT2D eigenvalue weighted by Crippen LogP contribution is 2.24. The number of aryl methyl sites for hydroxylation is 4. The number of nitrogens with zero attached hydrogens (tertiary/aromatic N) is 2. The molecule has 1 heterocycles. The molecule has 0 radical (unpaired) electrons. The van der Waals surface area contributed by atoms with E-state index in [-0.39, 0.29) is 12.0 Å². The summed E-state index contributed by atoms with van der Waals surface area (Å²) in [6.07, 6.45) is 0. The van der Waals surface area contributed by atoms with Crippen molar-refractivity contribution >= 4 is 23.3 Å². The maximum absolute atomic E-state index is 12.0. The van der Waals surface area contributed by atoms with Crippen molar-refractivity contribution in [1.29, 1.82) is 0 Å². The van der Waals surface area contributed by atoms with Gasteiger partial charge in [-0.05, 0) is 58.2 Å². The quantitative estimate of drug-likeness (QED) is 0.434. The van der Waals surface area contributed by atoms with Gasteiger partial charge < -0.3 is 15.4 Å². The highest BCUT2D eigenvalue weighted by molar-refractivity contribution is 7.13. The first-order valence-corrected chi connectivity index (χ1v) is 10.3. The van der Waals surface area contributed by atoms with Gasteiger partial charge in [-0.1, -0.05) is 17.7 Å². The lowest BCUT2D eigenvalue weighted by Crippen LogP contribution is -2.38. The van der Waals surface area contributed by atoms with E-state index >= 15 is 0 Å². The maximum Gasteiger partial charge on any atom is 0.350 e. The molecule has 2 aromatic rings. The Labute approximate surface area is 171 Å². The van der Waals surface area contributed by atoms with E-state index in [1.807, 2.05) is 13.8 Å². The van der Waals surface area contributed by atoms with Gasteiger partial charge in [0.2, 0.25) is 0 Å². The van der Waals surface area contributed by atoms with E-state index < -0.39 is 0 Å². The summed E-state index contributed by atoms with van der Waals surface area (Å²) in [5.41, 5.74) is 5.77. The molecule has 0 saturated carbocycles. The molecule has 1 atom stereocenters. The maximum atomic E-state index is 12.0. The minimum atomic E-state index is -0.316.